The summed E-state index contributed by atoms with van der Waals surface area (Å²) in [5.41, 5.74) is 0.689. The van der Waals surface area contributed by atoms with Gasteiger partial charge < -0.3 is 4.90 Å². The molecular formula is C11H13BrFNO. The van der Waals surface area contributed by atoms with Gasteiger partial charge in [0.15, 0.2) is 0 Å². The molecule has 0 N–H and O–H groups in total. The minimum absolute atomic E-state index is 0.0308. The van der Waals surface area contributed by atoms with Crippen LogP contribution in [0.2, 0.25) is 0 Å². The Hall–Kier alpha value is -0.900. The van der Waals surface area contributed by atoms with Gasteiger partial charge in [0.2, 0.25) is 5.91 Å². The summed E-state index contributed by atoms with van der Waals surface area (Å²) >= 11 is 3.07. The second-order valence-corrected chi connectivity index (χ2v) is 4.48. The third kappa shape index (κ3) is 2.78. The van der Waals surface area contributed by atoms with E-state index in [1.54, 1.807) is 33.2 Å². The van der Waals surface area contributed by atoms with Crippen LogP contribution in [0.15, 0.2) is 22.7 Å². The summed E-state index contributed by atoms with van der Waals surface area (Å²) in [4.78, 5) is 13.1. The molecule has 0 fully saturated rings. The lowest BCUT2D eigenvalue weighted by atomic mass is 10.00. The molecule has 0 bridgehead atoms. The highest BCUT2D eigenvalue weighted by atomic mass is 79.9. The fourth-order valence-corrected chi connectivity index (χ4v) is 1.56. The second kappa shape index (κ2) is 4.75. The van der Waals surface area contributed by atoms with Gasteiger partial charge in [-0.25, -0.2) is 4.39 Å². The van der Waals surface area contributed by atoms with E-state index in [0.29, 0.717) is 10.0 Å². The Labute approximate surface area is 97.2 Å². The molecule has 4 heteroatoms. The third-order valence-electron chi connectivity index (χ3n) is 2.25. The lowest BCUT2D eigenvalue weighted by molar-refractivity contribution is -0.129. The number of rotatable bonds is 2. The van der Waals surface area contributed by atoms with Crippen LogP contribution in [0.1, 0.15) is 18.4 Å². The molecular weight excluding hydrogens is 261 g/mol. The molecule has 1 aromatic carbocycles. The summed E-state index contributed by atoms with van der Waals surface area (Å²) in [5, 5.41) is 0. The van der Waals surface area contributed by atoms with Crippen LogP contribution < -0.4 is 0 Å². The van der Waals surface area contributed by atoms with Crippen LogP contribution in [0, 0.1) is 5.82 Å². The largest absolute Gasteiger partial charge is 0.348 e. The van der Waals surface area contributed by atoms with Gasteiger partial charge in [-0.3, -0.25) is 4.79 Å². The molecule has 0 aliphatic heterocycles. The Morgan fingerprint density at radius 3 is 2.53 bits per heavy atom. The van der Waals surface area contributed by atoms with Crippen LogP contribution in [-0.4, -0.2) is 24.9 Å². The highest BCUT2D eigenvalue weighted by Crippen LogP contribution is 2.22. The predicted octanol–water partition coefficient (Wildman–Crippen LogP) is 2.78. The van der Waals surface area contributed by atoms with Crippen molar-refractivity contribution in [1.29, 1.82) is 0 Å². The summed E-state index contributed by atoms with van der Waals surface area (Å²) in [6.07, 6.45) is 0. The number of carbonyl (C=O) groups excluding carboxylic acids is 1. The highest BCUT2D eigenvalue weighted by molar-refractivity contribution is 9.10. The maximum Gasteiger partial charge on any atom is 0.229 e. The van der Waals surface area contributed by atoms with Crippen molar-refractivity contribution >= 4 is 21.8 Å². The number of benzene rings is 1. The molecule has 0 aliphatic rings. The fraction of sp³-hybridized carbons (Fsp3) is 0.364. The first-order chi connectivity index (χ1) is 6.93. The van der Waals surface area contributed by atoms with Gasteiger partial charge in [-0.1, -0.05) is 6.07 Å². The summed E-state index contributed by atoms with van der Waals surface area (Å²) in [6.45, 7) is 1.77. The molecule has 0 aliphatic carbocycles. The Morgan fingerprint density at radius 2 is 2.07 bits per heavy atom. The standard InChI is InChI=1S/C11H13BrFNO/c1-7(11(15)14(2)3)8-4-5-9(12)10(13)6-8/h4-7H,1-3H3. The average Bonchev–Trinajstić information content (AvgIpc) is 2.19. The van der Waals surface area contributed by atoms with E-state index < -0.39 is 0 Å². The van der Waals surface area contributed by atoms with Crippen molar-refractivity contribution in [2.75, 3.05) is 14.1 Å². The molecule has 0 saturated heterocycles. The number of likely N-dealkylation sites (N-methyl/N-ethyl adjacent to an activating group) is 1. The number of halogens is 2. The van der Waals surface area contributed by atoms with Crippen LogP contribution in [-0.2, 0) is 4.79 Å². The molecule has 0 heterocycles. The number of nitrogens with zero attached hydrogens (tertiary/aromatic N) is 1. The van der Waals surface area contributed by atoms with Crippen LogP contribution in [0.4, 0.5) is 4.39 Å². The van der Waals surface area contributed by atoms with Gasteiger partial charge in [0.05, 0.1) is 10.4 Å². The third-order valence-corrected chi connectivity index (χ3v) is 2.90. The predicted molar refractivity (Wildman–Crippen MR) is 61.2 cm³/mol. The van der Waals surface area contributed by atoms with E-state index in [4.69, 9.17) is 0 Å². The van der Waals surface area contributed by atoms with Gasteiger partial charge in [-0.2, -0.15) is 0 Å². The zero-order valence-corrected chi connectivity index (χ0v) is 10.5. The van der Waals surface area contributed by atoms with Crippen molar-refractivity contribution in [3.8, 4) is 0 Å². The zero-order valence-electron chi connectivity index (χ0n) is 8.92. The minimum atomic E-state index is -0.342. The average molecular weight is 274 g/mol. The number of amides is 1. The molecule has 0 radical (unpaired) electrons. The first-order valence-electron chi connectivity index (χ1n) is 4.59. The van der Waals surface area contributed by atoms with Crippen molar-refractivity contribution in [3.05, 3.63) is 34.1 Å². The van der Waals surface area contributed by atoms with Crippen molar-refractivity contribution in [1.82, 2.24) is 4.90 Å². The maximum atomic E-state index is 13.2. The summed E-state index contributed by atoms with van der Waals surface area (Å²) in [6, 6.07) is 4.75. The summed E-state index contributed by atoms with van der Waals surface area (Å²) in [7, 11) is 3.38. The molecule has 1 aromatic rings. The van der Waals surface area contributed by atoms with Gasteiger partial charge in [-0.15, -0.1) is 0 Å². The smallest absolute Gasteiger partial charge is 0.229 e. The van der Waals surface area contributed by atoms with E-state index >= 15 is 0 Å². The Morgan fingerprint density at radius 1 is 1.47 bits per heavy atom. The molecule has 0 spiro atoms. The van der Waals surface area contributed by atoms with Gasteiger partial charge in [0, 0.05) is 14.1 Å². The van der Waals surface area contributed by atoms with E-state index in [-0.39, 0.29) is 17.6 Å². The molecule has 82 valence electrons. The maximum absolute atomic E-state index is 13.2. The monoisotopic (exact) mass is 273 g/mol. The number of hydrogen-bond donors (Lipinski definition) is 0. The SMILES string of the molecule is CC(C(=O)N(C)C)c1ccc(Br)c(F)c1. The zero-order chi connectivity index (χ0) is 11.6. The van der Waals surface area contributed by atoms with E-state index in [1.165, 1.54) is 11.0 Å². The van der Waals surface area contributed by atoms with Crippen molar-refractivity contribution in [2.24, 2.45) is 0 Å². The van der Waals surface area contributed by atoms with Gasteiger partial charge in [0.1, 0.15) is 5.82 Å². The van der Waals surface area contributed by atoms with Crippen LogP contribution in [0.3, 0.4) is 0 Å². The Bertz CT molecular complexity index is 379. The minimum Gasteiger partial charge on any atom is -0.348 e. The lowest BCUT2D eigenvalue weighted by Gasteiger charge is -2.17. The first-order valence-corrected chi connectivity index (χ1v) is 5.39. The van der Waals surface area contributed by atoms with E-state index in [0.717, 1.165) is 0 Å². The van der Waals surface area contributed by atoms with Gasteiger partial charge in [0.25, 0.3) is 0 Å². The molecule has 0 saturated carbocycles. The number of hydrogen-bond acceptors (Lipinski definition) is 1. The van der Waals surface area contributed by atoms with E-state index in [2.05, 4.69) is 15.9 Å². The molecule has 1 unspecified atom stereocenters. The lowest BCUT2D eigenvalue weighted by Crippen LogP contribution is -2.26. The fourth-order valence-electron chi connectivity index (χ4n) is 1.31. The summed E-state index contributed by atoms with van der Waals surface area (Å²) < 4.78 is 13.6. The Balaban J connectivity index is 2.97. The molecule has 1 amide bonds. The summed E-state index contributed by atoms with van der Waals surface area (Å²) in [5.74, 6) is -0.690. The van der Waals surface area contributed by atoms with Crippen molar-refractivity contribution in [3.63, 3.8) is 0 Å². The van der Waals surface area contributed by atoms with Gasteiger partial charge in [-0.05, 0) is 40.5 Å². The molecule has 15 heavy (non-hydrogen) atoms. The first kappa shape index (κ1) is 12.2. The molecule has 2 nitrogen and oxygen atoms in total. The van der Waals surface area contributed by atoms with E-state index in [9.17, 15) is 9.18 Å². The number of carbonyl (C=O) groups is 1. The van der Waals surface area contributed by atoms with Crippen molar-refractivity contribution < 1.29 is 9.18 Å². The molecule has 1 rings (SSSR count). The van der Waals surface area contributed by atoms with Crippen LogP contribution in [0.25, 0.3) is 0 Å². The van der Waals surface area contributed by atoms with Crippen LogP contribution in [0.5, 0.6) is 0 Å². The Kier molecular flexibility index (Phi) is 3.85. The van der Waals surface area contributed by atoms with Crippen molar-refractivity contribution in [2.45, 2.75) is 12.8 Å². The molecule has 0 aromatic heterocycles. The van der Waals surface area contributed by atoms with Crippen LogP contribution >= 0.6 is 15.9 Å². The molecule has 1 atom stereocenters. The normalized spacial score (nSPS) is 12.3. The quantitative estimate of drug-likeness (QED) is 0.812. The highest BCUT2D eigenvalue weighted by Gasteiger charge is 2.17. The second-order valence-electron chi connectivity index (χ2n) is 3.63. The topological polar surface area (TPSA) is 20.3 Å². The van der Waals surface area contributed by atoms with E-state index in [1.807, 2.05) is 0 Å². The van der Waals surface area contributed by atoms with Gasteiger partial charge >= 0.3 is 0 Å².